The van der Waals surface area contributed by atoms with Crippen molar-refractivity contribution in [3.8, 4) is 0 Å². The van der Waals surface area contributed by atoms with Crippen LogP contribution in [0.1, 0.15) is 32.4 Å². The van der Waals surface area contributed by atoms with Crippen LogP contribution in [0.3, 0.4) is 0 Å². The van der Waals surface area contributed by atoms with Crippen molar-refractivity contribution in [2.24, 2.45) is 0 Å². The highest BCUT2D eigenvalue weighted by atomic mass is 31.2. The van der Waals surface area contributed by atoms with Gasteiger partial charge in [0.25, 0.3) is 0 Å². The Morgan fingerprint density at radius 3 is 2.52 bits per heavy atom. The number of likely N-dealkylation sites (N-methyl/N-ethyl adjacent to an activating group) is 1. The summed E-state index contributed by atoms with van der Waals surface area (Å²) in [6, 6.07) is 9.92. The summed E-state index contributed by atoms with van der Waals surface area (Å²) in [6.07, 6.45) is 1.38. The molecule has 1 aromatic rings. The average Bonchev–Trinajstić information content (AvgIpc) is 2.71. The largest absolute Gasteiger partial charge is 0.310 e. The molecule has 0 aliphatic carbocycles. The Morgan fingerprint density at radius 1 is 1.38 bits per heavy atom. The minimum absolute atomic E-state index is 0.0205. The van der Waals surface area contributed by atoms with Crippen LogP contribution < -0.4 is 0 Å². The zero-order valence-electron chi connectivity index (χ0n) is 13.0. The van der Waals surface area contributed by atoms with Crippen LogP contribution in [-0.4, -0.2) is 17.8 Å². The molecule has 0 spiro atoms. The molecule has 1 heterocycles. The van der Waals surface area contributed by atoms with Gasteiger partial charge in [0.05, 0.1) is 5.31 Å². The standard InChI is InChI=1S/C17H22NO2P/c1-6-16(12-13(2)3)21(19)18(5)14(4)17(20-21)15-10-8-7-9-11-15/h6-11,14,17H,1H2,2-5H3/t14-,17+,21?/m1/s1. The molecule has 1 fully saturated rings. The van der Waals surface area contributed by atoms with E-state index in [2.05, 4.69) is 12.3 Å². The monoisotopic (exact) mass is 303 g/mol. The van der Waals surface area contributed by atoms with Gasteiger partial charge < -0.3 is 4.52 Å². The van der Waals surface area contributed by atoms with Gasteiger partial charge in [-0.3, -0.25) is 4.57 Å². The first kappa shape index (κ1) is 16.0. The maximum Gasteiger partial charge on any atom is 0.310 e. The van der Waals surface area contributed by atoms with E-state index < -0.39 is 7.52 Å². The molecule has 0 saturated carbocycles. The molecule has 3 nitrogen and oxygen atoms in total. The summed E-state index contributed by atoms with van der Waals surface area (Å²) < 4.78 is 21.2. The summed E-state index contributed by atoms with van der Waals surface area (Å²) in [5, 5.41) is 0.537. The van der Waals surface area contributed by atoms with Gasteiger partial charge in [0, 0.05) is 6.04 Å². The molecule has 0 N–H and O–H groups in total. The van der Waals surface area contributed by atoms with Crippen LogP contribution in [0.5, 0.6) is 0 Å². The lowest BCUT2D eigenvalue weighted by molar-refractivity contribution is 0.211. The second-order valence-corrected chi connectivity index (χ2v) is 7.85. The normalized spacial score (nSPS) is 29.0. The number of nitrogens with zero attached hydrogens (tertiary/aromatic N) is 1. The van der Waals surface area contributed by atoms with Crippen molar-refractivity contribution in [3.63, 3.8) is 0 Å². The summed E-state index contributed by atoms with van der Waals surface area (Å²) in [6.45, 7) is 9.64. The van der Waals surface area contributed by atoms with E-state index in [0.29, 0.717) is 5.31 Å². The summed E-state index contributed by atoms with van der Waals surface area (Å²) in [5.74, 6) is 0. The SMILES string of the molecule is C=CC(=C=C(C)C)P1(=O)O[C@H](c2ccccc2)[C@@H](C)N1C. The minimum Gasteiger partial charge on any atom is -0.304 e. The molecule has 112 valence electrons. The van der Waals surface area contributed by atoms with E-state index in [9.17, 15) is 4.57 Å². The molecule has 0 bridgehead atoms. The maximum absolute atomic E-state index is 13.3. The van der Waals surface area contributed by atoms with Gasteiger partial charge in [-0.2, -0.15) is 0 Å². The second kappa shape index (κ2) is 6.17. The molecule has 1 aromatic carbocycles. The molecule has 3 atom stereocenters. The highest BCUT2D eigenvalue weighted by Gasteiger charge is 2.48. The number of hydrogen-bond donors (Lipinski definition) is 0. The molecule has 2 rings (SSSR count). The Hall–Kier alpha value is -1.37. The zero-order chi connectivity index (χ0) is 15.6. The van der Waals surface area contributed by atoms with E-state index in [-0.39, 0.29) is 12.1 Å². The summed E-state index contributed by atoms with van der Waals surface area (Å²) in [5.41, 5.74) is 5.11. The van der Waals surface area contributed by atoms with E-state index in [1.54, 1.807) is 6.08 Å². The van der Waals surface area contributed by atoms with Gasteiger partial charge in [-0.25, -0.2) is 4.67 Å². The Kier molecular flexibility index (Phi) is 4.70. The molecule has 1 saturated heterocycles. The smallest absolute Gasteiger partial charge is 0.304 e. The fourth-order valence-electron chi connectivity index (χ4n) is 2.45. The van der Waals surface area contributed by atoms with Crippen molar-refractivity contribution in [2.45, 2.75) is 32.9 Å². The van der Waals surface area contributed by atoms with E-state index >= 15 is 0 Å². The second-order valence-electron chi connectivity index (χ2n) is 5.49. The molecule has 1 aliphatic rings. The van der Waals surface area contributed by atoms with Gasteiger partial charge in [0.1, 0.15) is 6.10 Å². The Morgan fingerprint density at radius 2 is 2.00 bits per heavy atom. The topological polar surface area (TPSA) is 29.5 Å². The van der Waals surface area contributed by atoms with Crippen LogP contribution in [0.15, 0.2) is 59.6 Å². The van der Waals surface area contributed by atoms with E-state index in [1.807, 2.05) is 62.8 Å². The first-order valence-corrected chi connectivity index (χ1v) is 8.61. The lowest BCUT2D eigenvalue weighted by atomic mass is 10.0. The highest BCUT2D eigenvalue weighted by molar-refractivity contribution is 7.61. The molecule has 1 unspecified atom stereocenters. The third-order valence-corrected chi connectivity index (χ3v) is 6.31. The van der Waals surface area contributed by atoms with Crippen molar-refractivity contribution in [1.29, 1.82) is 0 Å². The van der Waals surface area contributed by atoms with E-state index in [4.69, 9.17) is 4.52 Å². The van der Waals surface area contributed by atoms with E-state index in [0.717, 1.165) is 11.1 Å². The number of allylic oxidation sites excluding steroid dienone is 2. The molecule has 1 aliphatic heterocycles. The van der Waals surface area contributed by atoms with Crippen molar-refractivity contribution in [2.75, 3.05) is 7.05 Å². The van der Waals surface area contributed by atoms with Crippen LogP contribution in [-0.2, 0) is 9.09 Å². The van der Waals surface area contributed by atoms with Crippen LogP contribution in [0, 0.1) is 0 Å². The highest BCUT2D eigenvalue weighted by Crippen LogP contribution is 2.67. The van der Waals surface area contributed by atoms with Gasteiger partial charge in [0.15, 0.2) is 0 Å². The Balaban J connectivity index is 2.47. The summed E-state index contributed by atoms with van der Waals surface area (Å²) >= 11 is 0. The van der Waals surface area contributed by atoms with Gasteiger partial charge in [-0.1, -0.05) is 36.9 Å². The van der Waals surface area contributed by atoms with Crippen molar-refractivity contribution >= 4 is 7.52 Å². The van der Waals surface area contributed by atoms with E-state index in [1.165, 1.54) is 0 Å². The van der Waals surface area contributed by atoms with Crippen molar-refractivity contribution in [3.05, 3.63) is 65.2 Å². The predicted octanol–water partition coefficient (Wildman–Crippen LogP) is 4.91. The Labute approximate surface area is 127 Å². The van der Waals surface area contributed by atoms with Crippen LogP contribution >= 0.6 is 7.52 Å². The molecule has 0 radical (unpaired) electrons. The van der Waals surface area contributed by atoms with Crippen LogP contribution in [0.2, 0.25) is 0 Å². The molecule has 0 aromatic heterocycles. The first-order valence-electron chi connectivity index (χ1n) is 7.04. The maximum atomic E-state index is 13.3. The average molecular weight is 303 g/mol. The summed E-state index contributed by atoms with van der Waals surface area (Å²) in [7, 11) is -1.26. The third-order valence-electron chi connectivity index (χ3n) is 3.70. The molecule has 4 heteroatoms. The third kappa shape index (κ3) is 2.97. The molecular weight excluding hydrogens is 281 g/mol. The van der Waals surface area contributed by atoms with Crippen molar-refractivity contribution < 1.29 is 9.09 Å². The van der Waals surface area contributed by atoms with Gasteiger partial charge in [0.2, 0.25) is 0 Å². The van der Waals surface area contributed by atoms with Crippen molar-refractivity contribution in [1.82, 2.24) is 4.67 Å². The lowest BCUT2D eigenvalue weighted by Crippen LogP contribution is -2.23. The molecule has 21 heavy (non-hydrogen) atoms. The number of benzene rings is 1. The molecular formula is C17H22NO2P. The van der Waals surface area contributed by atoms with Gasteiger partial charge in [-0.05, 0) is 45.0 Å². The number of hydrogen-bond acceptors (Lipinski definition) is 2. The fraction of sp³-hybridized carbons (Fsp3) is 0.353. The van der Waals surface area contributed by atoms with Crippen LogP contribution in [0.25, 0.3) is 0 Å². The van der Waals surface area contributed by atoms with Gasteiger partial charge >= 0.3 is 7.52 Å². The predicted molar refractivity (Wildman–Crippen MR) is 87.2 cm³/mol. The molecule has 0 amide bonds. The Bertz CT molecular complexity index is 640. The van der Waals surface area contributed by atoms with Gasteiger partial charge in [-0.15, -0.1) is 5.73 Å². The number of rotatable bonds is 3. The minimum atomic E-state index is -3.10. The lowest BCUT2D eigenvalue weighted by Gasteiger charge is -2.20. The van der Waals surface area contributed by atoms with Crippen LogP contribution in [0.4, 0.5) is 0 Å². The zero-order valence-corrected chi connectivity index (χ0v) is 13.9. The summed E-state index contributed by atoms with van der Waals surface area (Å²) in [4.78, 5) is 0. The fourth-order valence-corrected chi connectivity index (χ4v) is 4.86. The quantitative estimate of drug-likeness (QED) is 0.451. The first-order chi connectivity index (χ1) is 9.90.